The summed E-state index contributed by atoms with van der Waals surface area (Å²) in [5.74, 6) is 0.853. The van der Waals surface area contributed by atoms with Crippen LogP contribution < -0.4 is 10.6 Å². The summed E-state index contributed by atoms with van der Waals surface area (Å²) >= 11 is 5.96. The normalized spacial score (nSPS) is 20.9. The molecule has 0 unspecified atom stereocenters. The Kier molecular flexibility index (Phi) is 5.67. The van der Waals surface area contributed by atoms with Crippen molar-refractivity contribution in [3.63, 3.8) is 0 Å². The molecule has 0 atom stereocenters. The third-order valence-corrected chi connectivity index (χ3v) is 5.20. The molecule has 130 valence electrons. The van der Waals surface area contributed by atoms with Crippen LogP contribution in [0.5, 0.6) is 0 Å². The molecule has 2 aromatic rings. The molecule has 0 radical (unpaired) electrons. The zero-order valence-corrected chi connectivity index (χ0v) is 15.0. The molecule has 1 aliphatic rings. The van der Waals surface area contributed by atoms with Gasteiger partial charge < -0.3 is 15.6 Å². The van der Waals surface area contributed by atoms with Crippen LogP contribution in [0.15, 0.2) is 24.3 Å². The molecule has 4 nitrogen and oxygen atoms in total. The minimum absolute atomic E-state index is 0.121. The summed E-state index contributed by atoms with van der Waals surface area (Å²) in [5, 5.41) is 7.68. The largest absolute Gasteiger partial charge is 0.346 e. The van der Waals surface area contributed by atoms with E-state index < -0.39 is 0 Å². The van der Waals surface area contributed by atoms with Crippen molar-refractivity contribution >= 4 is 34.2 Å². The van der Waals surface area contributed by atoms with Gasteiger partial charge in [-0.15, -0.1) is 0 Å². The minimum atomic E-state index is -0.121. The smallest absolute Gasteiger partial charge is 0.319 e. The van der Waals surface area contributed by atoms with E-state index >= 15 is 0 Å². The Balaban J connectivity index is 1.48. The second-order valence-corrected chi connectivity index (χ2v) is 7.28. The van der Waals surface area contributed by atoms with E-state index in [9.17, 15) is 4.79 Å². The number of amides is 2. The summed E-state index contributed by atoms with van der Waals surface area (Å²) < 4.78 is 0. The first-order chi connectivity index (χ1) is 11.6. The first-order valence-corrected chi connectivity index (χ1v) is 9.37. The summed E-state index contributed by atoms with van der Waals surface area (Å²) in [6.45, 7) is 2.25. The van der Waals surface area contributed by atoms with Crippen LogP contribution in [0.25, 0.3) is 10.9 Å². The summed E-state index contributed by atoms with van der Waals surface area (Å²) in [5.41, 5.74) is 1.70. The van der Waals surface area contributed by atoms with Crippen molar-refractivity contribution in [3.05, 3.63) is 29.4 Å². The SMILES string of the molecule is CCCCC1CCC(NC(=O)Nc2ccc3cc(Cl)[nH]c3c2)CC1. The maximum absolute atomic E-state index is 12.2. The van der Waals surface area contributed by atoms with Crippen molar-refractivity contribution < 1.29 is 4.79 Å². The molecule has 1 fully saturated rings. The van der Waals surface area contributed by atoms with Crippen molar-refractivity contribution in [2.75, 3.05) is 5.32 Å². The number of nitrogens with one attached hydrogen (secondary N) is 3. The summed E-state index contributed by atoms with van der Waals surface area (Å²) in [6.07, 6.45) is 8.59. The average Bonchev–Trinajstić information content (AvgIpc) is 2.93. The first-order valence-electron chi connectivity index (χ1n) is 9.00. The van der Waals surface area contributed by atoms with Gasteiger partial charge in [0.15, 0.2) is 0 Å². The molecule has 24 heavy (non-hydrogen) atoms. The zero-order chi connectivity index (χ0) is 16.9. The Hall–Kier alpha value is -1.68. The average molecular weight is 348 g/mol. The van der Waals surface area contributed by atoms with Crippen LogP contribution in [-0.4, -0.2) is 17.1 Å². The number of H-pyrrole nitrogens is 1. The van der Waals surface area contributed by atoms with E-state index in [2.05, 4.69) is 22.5 Å². The van der Waals surface area contributed by atoms with Gasteiger partial charge in [0.25, 0.3) is 0 Å². The van der Waals surface area contributed by atoms with Crippen molar-refractivity contribution in [3.8, 4) is 0 Å². The molecule has 1 aliphatic carbocycles. The number of benzene rings is 1. The number of unbranched alkanes of at least 4 members (excludes halogenated alkanes) is 1. The predicted octanol–water partition coefficient (Wildman–Crippen LogP) is 5.69. The highest BCUT2D eigenvalue weighted by Crippen LogP contribution is 2.28. The number of carbonyl (C=O) groups excluding carboxylic acids is 1. The van der Waals surface area contributed by atoms with Crippen molar-refractivity contribution in [1.29, 1.82) is 0 Å². The Bertz CT molecular complexity index is 689. The van der Waals surface area contributed by atoms with Crippen LogP contribution in [0.3, 0.4) is 0 Å². The van der Waals surface area contributed by atoms with E-state index in [1.54, 1.807) is 0 Å². The van der Waals surface area contributed by atoms with Gasteiger partial charge in [-0.3, -0.25) is 0 Å². The molecule has 5 heteroatoms. The Morgan fingerprint density at radius 1 is 1.25 bits per heavy atom. The topological polar surface area (TPSA) is 56.9 Å². The van der Waals surface area contributed by atoms with Gasteiger partial charge in [0.2, 0.25) is 0 Å². The van der Waals surface area contributed by atoms with Gasteiger partial charge in [0.1, 0.15) is 5.15 Å². The van der Waals surface area contributed by atoms with E-state index in [0.717, 1.165) is 35.3 Å². The number of carbonyl (C=O) groups is 1. The molecule has 2 amide bonds. The number of anilines is 1. The number of aromatic nitrogens is 1. The van der Waals surface area contributed by atoms with Gasteiger partial charge >= 0.3 is 6.03 Å². The van der Waals surface area contributed by atoms with Crippen molar-refractivity contribution in [2.24, 2.45) is 5.92 Å². The van der Waals surface area contributed by atoms with Gasteiger partial charge in [0, 0.05) is 22.6 Å². The van der Waals surface area contributed by atoms with Crippen LogP contribution in [0, 0.1) is 5.92 Å². The summed E-state index contributed by atoms with van der Waals surface area (Å²) in [4.78, 5) is 15.3. The quantitative estimate of drug-likeness (QED) is 0.639. The molecule has 0 saturated heterocycles. The molecule has 1 aromatic carbocycles. The monoisotopic (exact) mass is 347 g/mol. The second-order valence-electron chi connectivity index (χ2n) is 6.88. The lowest BCUT2D eigenvalue weighted by Crippen LogP contribution is -2.40. The highest BCUT2D eigenvalue weighted by Gasteiger charge is 2.22. The minimum Gasteiger partial charge on any atom is -0.346 e. The van der Waals surface area contributed by atoms with E-state index in [-0.39, 0.29) is 6.03 Å². The van der Waals surface area contributed by atoms with Crippen LogP contribution in [-0.2, 0) is 0 Å². The lowest BCUT2D eigenvalue weighted by atomic mass is 9.83. The molecule has 3 N–H and O–H groups in total. The maximum atomic E-state index is 12.2. The molecule has 0 aliphatic heterocycles. The molecule has 0 bridgehead atoms. The number of hydrogen-bond donors (Lipinski definition) is 3. The Morgan fingerprint density at radius 2 is 2.04 bits per heavy atom. The van der Waals surface area contributed by atoms with E-state index in [1.165, 1.54) is 32.1 Å². The molecule has 1 aromatic heterocycles. The van der Waals surface area contributed by atoms with E-state index in [1.807, 2.05) is 24.3 Å². The van der Waals surface area contributed by atoms with Crippen LogP contribution in [0.2, 0.25) is 5.15 Å². The zero-order valence-electron chi connectivity index (χ0n) is 14.2. The lowest BCUT2D eigenvalue weighted by molar-refractivity contribution is 0.235. The summed E-state index contributed by atoms with van der Waals surface area (Å²) in [6, 6.07) is 7.80. The van der Waals surface area contributed by atoms with Gasteiger partial charge in [-0.25, -0.2) is 4.79 Å². The third-order valence-electron chi connectivity index (χ3n) is 5.00. The van der Waals surface area contributed by atoms with Crippen LogP contribution in [0.4, 0.5) is 10.5 Å². The number of hydrogen-bond acceptors (Lipinski definition) is 1. The Morgan fingerprint density at radius 3 is 2.79 bits per heavy atom. The molecule has 3 rings (SSSR count). The van der Waals surface area contributed by atoms with Crippen molar-refractivity contribution in [2.45, 2.75) is 57.9 Å². The number of fused-ring (bicyclic) bond motifs is 1. The van der Waals surface area contributed by atoms with Gasteiger partial charge in [-0.05, 0) is 49.8 Å². The molecule has 0 spiro atoms. The maximum Gasteiger partial charge on any atom is 0.319 e. The third kappa shape index (κ3) is 4.44. The van der Waals surface area contributed by atoms with E-state index in [4.69, 9.17) is 11.6 Å². The van der Waals surface area contributed by atoms with Crippen LogP contribution in [0.1, 0.15) is 51.9 Å². The molecular formula is C19H26ClN3O. The fraction of sp³-hybridized carbons (Fsp3) is 0.526. The van der Waals surface area contributed by atoms with E-state index in [0.29, 0.717) is 11.2 Å². The fourth-order valence-electron chi connectivity index (χ4n) is 3.61. The van der Waals surface area contributed by atoms with Crippen LogP contribution >= 0.6 is 11.6 Å². The van der Waals surface area contributed by atoms with Crippen molar-refractivity contribution in [1.82, 2.24) is 10.3 Å². The highest BCUT2D eigenvalue weighted by molar-refractivity contribution is 6.30. The molecule has 1 saturated carbocycles. The number of aromatic amines is 1. The second kappa shape index (κ2) is 7.93. The van der Waals surface area contributed by atoms with Gasteiger partial charge in [0.05, 0.1) is 0 Å². The fourth-order valence-corrected chi connectivity index (χ4v) is 3.83. The number of urea groups is 1. The highest BCUT2D eigenvalue weighted by atomic mass is 35.5. The Labute approximate surface area is 148 Å². The predicted molar refractivity (Wildman–Crippen MR) is 101 cm³/mol. The molecule has 1 heterocycles. The number of rotatable bonds is 5. The standard InChI is InChI=1S/C19H26ClN3O/c1-2-3-4-13-5-8-15(9-6-13)21-19(24)22-16-10-7-14-11-18(20)23-17(14)12-16/h7,10-13,15,23H,2-6,8-9H2,1H3,(H2,21,22,24). The molecular weight excluding hydrogens is 322 g/mol. The first kappa shape index (κ1) is 17.2. The summed E-state index contributed by atoms with van der Waals surface area (Å²) in [7, 11) is 0. The van der Waals surface area contributed by atoms with Gasteiger partial charge in [-0.1, -0.05) is 43.9 Å². The van der Waals surface area contributed by atoms with Gasteiger partial charge in [-0.2, -0.15) is 0 Å². The lowest BCUT2D eigenvalue weighted by Gasteiger charge is -2.29. The number of halogens is 1.